The monoisotopic (exact) mass is 638 g/mol. The second kappa shape index (κ2) is 13.2. The summed E-state index contributed by atoms with van der Waals surface area (Å²) >= 11 is 0. The molecule has 0 spiro atoms. The number of fused-ring (bicyclic) bond motifs is 7. The molecule has 1 amide bonds. The van der Waals surface area contributed by atoms with Gasteiger partial charge in [-0.25, -0.2) is 0 Å². The second-order valence-electron chi connectivity index (χ2n) is 19.1. The maximum Gasteiger partial charge on any atom is 0.302 e. The number of carbonyl (C=O) groups excluding carboxylic acids is 2. The van der Waals surface area contributed by atoms with Crippen molar-refractivity contribution in [1.82, 2.24) is 5.32 Å². The highest BCUT2D eigenvalue weighted by molar-refractivity contribution is 5.84. The van der Waals surface area contributed by atoms with Gasteiger partial charge in [-0.3, -0.25) is 9.59 Å². The Hall–Kier alpha value is -1.32. The fourth-order valence-electron chi connectivity index (χ4n) is 12.7. The fraction of sp³-hybridized carbons (Fsp3) is 0.905. The predicted octanol–water partition coefficient (Wildman–Crippen LogP) is 11.0. The number of allylic oxidation sites excluding steroid dienone is 2. The quantitative estimate of drug-likeness (QED) is 0.139. The summed E-state index contributed by atoms with van der Waals surface area (Å²) in [5.74, 6) is 1.75. The van der Waals surface area contributed by atoms with Crippen LogP contribution in [0.2, 0.25) is 0 Å². The first kappa shape index (κ1) is 36.0. The first-order valence-electron chi connectivity index (χ1n) is 19.7. The molecule has 5 aliphatic carbocycles. The zero-order valence-corrected chi connectivity index (χ0v) is 31.5. The molecule has 8 atom stereocenters. The van der Waals surface area contributed by atoms with Crippen molar-refractivity contribution >= 4 is 11.9 Å². The number of unbranched alkanes of at least 4 members (excludes halogenated alkanes) is 7. The highest BCUT2D eigenvalue weighted by Gasteiger charge is 2.69. The van der Waals surface area contributed by atoms with Crippen molar-refractivity contribution in [2.24, 2.45) is 50.2 Å². The van der Waals surface area contributed by atoms with Gasteiger partial charge in [0.2, 0.25) is 5.91 Å². The predicted molar refractivity (Wildman–Crippen MR) is 190 cm³/mol. The molecule has 46 heavy (non-hydrogen) atoms. The largest absolute Gasteiger partial charge is 0.462 e. The summed E-state index contributed by atoms with van der Waals surface area (Å²) in [6, 6.07) is 0. The van der Waals surface area contributed by atoms with E-state index in [4.69, 9.17) is 4.74 Å². The molecule has 262 valence electrons. The number of rotatable bonds is 11. The molecule has 4 nitrogen and oxygen atoms in total. The third kappa shape index (κ3) is 6.05. The molecule has 0 saturated heterocycles. The van der Waals surface area contributed by atoms with E-state index in [1.165, 1.54) is 57.8 Å². The van der Waals surface area contributed by atoms with Gasteiger partial charge in [0.15, 0.2) is 0 Å². The Morgan fingerprint density at radius 2 is 1.46 bits per heavy atom. The summed E-state index contributed by atoms with van der Waals surface area (Å²) in [6.45, 7) is 22.2. The Balaban J connectivity index is 1.35. The van der Waals surface area contributed by atoms with Gasteiger partial charge in [-0.15, -0.1) is 0 Å². The van der Waals surface area contributed by atoms with E-state index in [9.17, 15) is 9.59 Å². The highest BCUT2D eigenvalue weighted by atomic mass is 16.5. The standard InChI is InChI=1S/C42H71NO3/c1-10-11-12-13-14-15-16-17-28-43-36(45)42-26-24-37(3,4)29-32(42)31-18-19-34-39(7)22-21-35(46-30(2)44)38(5,6)33(39)20-23-41(34,9)40(31,8)25-27-42/h18,32-35H,10-17,19-29H2,1-9H3,(H,43,45)/t32-,33-,34+,35-,39-,40+,41+,42-/m0/s1. The number of amides is 1. The van der Waals surface area contributed by atoms with Crippen molar-refractivity contribution in [1.29, 1.82) is 0 Å². The Morgan fingerprint density at radius 1 is 0.804 bits per heavy atom. The second-order valence-corrected chi connectivity index (χ2v) is 19.1. The lowest BCUT2D eigenvalue weighted by atomic mass is 9.33. The van der Waals surface area contributed by atoms with E-state index in [1.54, 1.807) is 12.5 Å². The van der Waals surface area contributed by atoms with Crippen LogP contribution in [0.3, 0.4) is 0 Å². The van der Waals surface area contributed by atoms with Crippen LogP contribution in [-0.2, 0) is 14.3 Å². The van der Waals surface area contributed by atoms with Gasteiger partial charge in [-0.05, 0) is 110 Å². The Bertz CT molecular complexity index is 1150. The molecule has 0 bridgehead atoms. The minimum absolute atomic E-state index is 0.0155. The zero-order valence-electron chi connectivity index (χ0n) is 31.5. The molecular weight excluding hydrogens is 566 g/mol. The van der Waals surface area contributed by atoms with Crippen molar-refractivity contribution in [3.8, 4) is 0 Å². The third-order valence-electron chi connectivity index (χ3n) is 15.7. The lowest BCUT2D eigenvalue weighted by Gasteiger charge is -2.71. The molecule has 0 aromatic carbocycles. The first-order valence-corrected chi connectivity index (χ1v) is 19.7. The van der Waals surface area contributed by atoms with Gasteiger partial charge in [-0.1, -0.05) is 112 Å². The van der Waals surface area contributed by atoms with Crippen LogP contribution in [0.1, 0.15) is 178 Å². The molecule has 0 aromatic rings. The molecule has 0 aliphatic heterocycles. The average Bonchev–Trinajstić information content (AvgIpc) is 2.97. The SMILES string of the molecule is CCCCCCCCCCNC(=O)[C@]12CCC(C)(C)C[C@H]1C1=CC[C@@H]3[C@@]4(C)CC[C@H](OC(C)=O)C(C)(C)[C@@H]4CC[C@@]3(C)[C@]1(C)CC2. The Labute approximate surface area is 283 Å². The molecule has 4 saturated carbocycles. The third-order valence-corrected chi connectivity index (χ3v) is 15.7. The van der Waals surface area contributed by atoms with E-state index in [0.717, 1.165) is 64.3 Å². The topological polar surface area (TPSA) is 55.4 Å². The lowest BCUT2D eigenvalue weighted by molar-refractivity contribution is -0.212. The Kier molecular flexibility index (Phi) is 10.3. The summed E-state index contributed by atoms with van der Waals surface area (Å²) in [7, 11) is 0. The van der Waals surface area contributed by atoms with Crippen LogP contribution < -0.4 is 5.32 Å². The summed E-state index contributed by atoms with van der Waals surface area (Å²) in [6.07, 6.45) is 24.3. The zero-order chi connectivity index (χ0) is 33.6. The van der Waals surface area contributed by atoms with Gasteiger partial charge in [0.25, 0.3) is 0 Å². The number of esters is 1. The van der Waals surface area contributed by atoms with Gasteiger partial charge >= 0.3 is 5.97 Å². The van der Waals surface area contributed by atoms with Gasteiger partial charge in [0.1, 0.15) is 6.10 Å². The fourth-order valence-corrected chi connectivity index (χ4v) is 12.7. The molecule has 0 radical (unpaired) electrons. The summed E-state index contributed by atoms with van der Waals surface area (Å²) in [5.41, 5.74) is 2.23. The summed E-state index contributed by atoms with van der Waals surface area (Å²) < 4.78 is 5.96. The van der Waals surface area contributed by atoms with Crippen LogP contribution in [-0.4, -0.2) is 24.5 Å². The first-order chi connectivity index (χ1) is 21.6. The van der Waals surface area contributed by atoms with E-state index < -0.39 is 0 Å². The maximum atomic E-state index is 14.4. The minimum Gasteiger partial charge on any atom is -0.462 e. The molecule has 4 fully saturated rings. The number of nitrogens with one attached hydrogen (secondary N) is 1. The molecule has 1 N–H and O–H groups in total. The molecule has 0 unspecified atom stereocenters. The van der Waals surface area contributed by atoms with Crippen LogP contribution in [0.4, 0.5) is 0 Å². The minimum atomic E-state index is -0.241. The maximum absolute atomic E-state index is 14.4. The number of ether oxygens (including phenoxy) is 1. The van der Waals surface area contributed by atoms with E-state index in [0.29, 0.717) is 23.7 Å². The van der Waals surface area contributed by atoms with Crippen LogP contribution in [0.5, 0.6) is 0 Å². The van der Waals surface area contributed by atoms with Crippen LogP contribution in [0.15, 0.2) is 11.6 Å². The molecular formula is C42H71NO3. The van der Waals surface area contributed by atoms with Crippen molar-refractivity contribution < 1.29 is 14.3 Å². The smallest absolute Gasteiger partial charge is 0.302 e. The van der Waals surface area contributed by atoms with Gasteiger partial charge < -0.3 is 10.1 Å². The van der Waals surface area contributed by atoms with Crippen molar-refractivity contribution in [2.45, 2.75) is 184 Å². The molecule has 0 heterocycles. The molecule has 0 aromatic heterocycles. The van der Waals surface area contributed by atoms with Crippen LogP contribution in [0.25, 0.3) is 0 Å². The summed E-state index contributed by atoms with van der Waals surface area (Å²) in [4.78, 5) is 26.4. The van der Waals surface area contributed by atoms with Gasteiger partial charge in [-0.2, -0.15) is 0 Å². The molecule has 4 heteroatoms. The summed E-state index contributed by atoms with van der Waals surface area (Å²) in [5, 5.41) is 3.52. The highest BCUT2D eigenvalue weighted by Crippen LogP contribution is 2.75. The van der Waals surface area contributed by atoms with E-state index in [2.05, 4.69) is 66.8 Å². The molecule has 5 rings (SSSR count). The van der Waals surface area contributed by atoms with Crippen molar-refractivity contribution in [3.63, 3.8) is 0 Å². The number of hydrogen-bond acceptors (Lipinski definition) is 3. The molecule has 5 aliphatic rings. The van der Waals surface area contributed by atoms with E-state index >= 15 is 0 Å². The number of hydrogen-bond donors (Lipinski definition) is 1. The number of carbonyl (C=O) groups is 2. The lowest BCUT2D eigenvalue weighted by Crippen LogP contribution is -2.65. The van der Waals surface area contributed by atoms with E-state index in [1.807, 2.05) is 0 Å². The van der Waals surface area contributed by atoms with Crippen molar-refractivity contribution in [3.05, 3.63) is 11.6 Å². The van der Waals surface area contributed by atoms with Crippen LogP contribution >= 0.6 is 0 Å². The Morgan fingerprint density at radius 3 is 2.13 bits per heavy atom. The normalized spacial score (nSPS) is 40.8. The average molecular weight is 638 g/mol. The van der Waals surface area contributed by atoms with Crippen LogP contribution in [0, 0.1) is 50.2 Å². The van der Waals surface area contributed by atoms with Gasteiger partial charge in [0.05, 0.1) is 5.41 Å². The van der Waals surface area contributed by atoms with Gasteiger partial charge in [0, 0.05) is 18.9 Å². The van der Waals surface area contributed by atoms with E-state index in [-0.39, 0.29) is 44.6 Å². The van der Waals surface area contributed by atoms with Crippen molar-refractivity contribution in [2.75, 3.05) is 6.54 Å².